The molecule has 0 spiro atoms. The zero-order valence-corrected chi connectivity index (χ0v) is 17.4. The number of rotatable bonds is 5. The van der Waals surface area contributed by atoms with Crippen molar-refractivity contribution in [2.75, 3.05) is 5.32 Å². The van der Waals surface area contributed by atoms with Crippen LogP contribution < -0.4 is 5.32 Å². The van der Waals surface area contributed by atoms with Crippen molar-refractivity contribution in [2.45, 2.75) is 45.2 Å². The maximum atomic E-state index is 12.9. The molecule has 31 heavy (non-hydrogen) atoms. The predicted octanol–water partition coefficient (Wildman–Crippen LogP) is 3.81. The fourth-order valence-corrected chi connectivity index (χ4v) is 4.30. The Kier molecular flexibility index (Phi) is 5.84. The molecule has 7 nitrogen and oxygen atoms in total. The van der Waals surface area contributed by atoms with Crippen LogP contribution in [0.5, 0.6) is 0 Å². The van der Waals surface area contributed by atoms with Gasteiger partial charge < -0.3 is 5.32 Å². The molecule has 4 rings (SSSR count). The van der Waals surface area contributed by atoms with E-state index < -0.39 is 17.8 Å². The van der Waals surface area contributed by atoms with E-state index in [-0.39, 0.29) is 24.4 Å². The molecule has 2 aromatic carbocycles. The number of carbonyl (C=O) groups is 4. The van der Waals surface area contributed by atoms with Gasteiger partial charge in [-0.1, -0.05) is 50.1 Å². The van der Waals surface area contributed by atoms with E-state index in [1.165, 1.54) is 0 Å². The standard InChI is InChI=1S/C24H25N3O4/c1-16-7-5-6-10-20(16)27-23(30)22(29)26(24(27)31)15-17-11-13-18(14-12-17)21(28)25-19-8-3-2-4-9-19/h2-4,8-9,11-14,16,20H,5-7,10,15H2,1H3,(H,25,28)/t16-,20+/m0/s1. The minimum Gasteiger partial charge on any atom is -0.322 e. The summed E-state index contributed by atoms with van der Waals surface area (Å²) in [5.74, 6) is -1.58. The van der Waals surface area contributed by atoms with Crippen molar-refractivity contribution in [3.8, 4) is 0 Å². The molecule has 7 heteroatoms. The third kappa shape index (κ3) is 4.21. The summed E-state index contributed by atoms with van der Waals surface area (Å²) in [7, 11) is 0. The number of carbonyl (C=O) groups excluding carboxylic acids is 4. The molecule has 1 saturated heterocycles. The van der Waals surface area contributed by atoms with Crippen molar-refractivity contribution < 1.29 is 19.2 Å². The van der Waals surface area contributed by atoms with Crippen LogP contribution in [-0.2, 0) is 16.1 Å². The Morgan fingerprint density at radius 1 is 0.935 bits per heavy atom. The van der Waals surface area contributed by atoms with Gasteiger partial charge in [0.15, 0.2) is 0 Å². The maximum Gasteiger partial charge on any atom is 0.334 e. The SMILES string of the molecule is C[C@H]1CCCC[C@H]1N1C(=O)C(=O)N(Cc2ccc(C(=O)Nc3ccccc3)cc2)C1=O. The highest BCUT2D eigenvalue weighted by atomic mass is 16.2. The van der Waals surface area contributed by atoms with Crippen LogP contribution in [0.15, 0.2) is 54.6 Å². The molecule has 1 heterocycles. The number of nitrogens with zero attached hydrogens (tertiary/aromatic N) is 2. The van der Waals surface area contributed by atoms with Gasteiger partial charge in [-0.25, -0.2) is 4.79 Å². The Morgan fingerprint density at radius 2 is 1.61 bits per heavy atom. The van der Waals surface area contributed by atoms with E-state index in [4.69, 9.17) is 0 Å². The molecule has 1 N–H and O–H groups in total. The molecule has 2 fully saturated rings. The first-order chi connectivity index (χ1) is 15.0. The van der Waals surface area contributed by atoms with Gasteiger partial charge in [-0.3, -0.25) is 24.2 Å². The van der Waals surface area contributed by atoms with Gasteiger partial charge in [0.2, 0.25) is 0 Å². The lowest BCUT2D eigenvalue weighted by Gasteiger charge is -2.34. The first-order valence-electron chi connectivity index (χ1n) is 10.6. The predicted molar refractivity (Wildman–Crippen MR) is 115 cm³/mol. The number of amides is 5. The largest absolute Gasteiger partial charge is 0.334 e. The molecule has 1 saturated carbocycles. The number of nitrogens with one attached hydrogen (secondary N) is 1. The van der Waals surface area contributed by atoms with Crippen molar-refractivity contribution in [3.05, 3.63) is 65.7 Å². The highest BCUT2D eigenvalue weighted by Gasteiger charge is 2.48. The van der Waals surface area contributed by atoms with Crippen LogP contribution in [0.2, 0.25) is 0 Å². The van der Waals surface area contributed by atoms with E-state index in [0.717, 1.165) is 35.5 Å². The quantitative estimate of drug-likeness (QED) is 0.590. The van der Waals surface area contributed by atoms with Gasteiger partial charge in [0.05, 0.1) is 6.54 Å². The zero-order valence-electron chi connectivity index (χ0n) is 17.4. The van der Waals surface area contributed by atoms with Gasteiger partial charge in [-0.15, -0.1) is 0 Å². The summed E-state index contributed by atoms with van der Waals surface area (Å²) in [5, 5.41) is 2.81. The fraction of sp³-hybridized carbons (Fsp3) is 0.333. The average Bonchev–Trinajstić information content (AvgIpc) is 2.98. The Hall–Kier alpha value is -3.48. The van der Waals surface area contributed by atoms with Gasteiger partial charge in [0, 0.05) is 17.3 Å². The van der Waals surface area contributed by atoms with Gasteiger partial charge in [-0.2, -0.15) is 0 Å². The number of anilines is 1. The Labute approximate surface area is 181 Å². The lowest BCUT2D eigenvalue weighted by atomic mass is 9.85. The summed E-state index contributed by atoms with van der Waals surface area (Å²) in [5.41, 5.74) is 1.82. The number of hydrogen-bond donors (Lipinski definition) is 1. The maximum absolute atomic E-state index is 12.9. The first kappa shape index (κ1) is 20.8. The average molecular weight is 419 g/mol. The third-order valence-electron chi connectivity index (χ3n) is 6.07. The number of imide groups is 2. The number of hydrogen-bond acceptors (Lipinski definition) is 4. The van der Waals surface area contributed by atoms with Gasteiger partial charge in [-0.05, 0) is 48.6 Å². The Balaban J connectivity index is 1.44. The number of benzene rings is 2. The summed E-state index contributed by atoms with van der Waals surface area (Å²) >= 11 is 0. The van der Waals surface area contributed by atoms with E-state index in [1.54, 1.807) is 36.4 Å². The molecular formula is C24H25N3O4. The van der Waals surface area contributed by atoms with Crippen molar-refractivity contribution >= 4 is 29.4 Å². The number of urea groups is 1. The van der Waals surface area contributed by atoms with E-state index in [2.05, 4.69) is 5.32 Å². The molecule has 0 unspecified atom stereocenters. The molecule has 1 aliphatic heterocycles. The second-order valence-corrected chi connectivity index (χ2v) is 8.20. The Bertz CT molecular complexity index is 1000. The topological polar surface area (TPSA) is 86.8 Å². The molecule has 2 aliphatic rings. The van der Waals surface area contributed by atoms with Crippen LogP contribution in [0, 0.1) is 5.92 Å². The molecule has 5 amide bonds. The normalized spacial score (nSPS) is 21.5. The molecule has 2 atom stereocenters. The van der Waals surface area contributed by atoms with E-state index in [9.17, 15) is 19.2 Å². The van der Waals surface area contributed by atoms with E-state index >= 15 is 0 Å². The third-order valence-corrected chi connectivity index (χ3v) is 6.07. The van der Waals surface area contributed by atoms with Crippen molar-refractivity contribution in [3.63, 3.8) is 0 Å². The van der Waals surface area contributed by atoms with E-state index in [0.29, 0.717) is 16.8 Å². The van der Waals surface area contributed by atoms with Crippen LogP contribution in [0.3, 0.4) is 0 Å². The molecule has 2 aromatic rings. The van der Waals surface area contributed by atoms with Crippen molar-refractivity contribution in [1.29, 1.82) is 0 Å². The highest BCUT2D eigenvalue weighted by Crippen LogP contribution is 2.31. The summed E-state index contributed by atoms with van der Waals surface area (Å²) in [6, 6.07) is 15.0. The summed E-state index contributed by atoms with van der Waals surface area (Å²) in [6.07, 6.45) is 3.72. The second kappa shape index (κ2) is 8.71. The molecule has 1 aliphatic carbocycles. The van der Waals surface area contributed by atoms with Crippen LogP contribution in [0.4, 0.5) is 10.5 Å². The first-order valence-corrected chi connectivity index (χ1v) is 10.6. The molecular weight excluding hydrogens is 394 g/mol. The van der Waals surface area contributed by atoms with Crippen LogP contribution in [0.25, 0.3) is 0 Å². The molecule has 0 bridgehead atoms. The van der Waals surface area contributed by atoms with Gasteiger partial charge in [0.1, 0.15) is 0 Å². The summed E-state index contributed by atoms with van der Waals surface area (Å²) in [4.78, 5) is 52.5. The minimum atomic E-state index is -0.784. The molecule has 0 radical (unpaired) electrons. The summed E-state index contributed by atoms with van der Waals surface area (Å²) in [6.45, 7) is 2.03. The second-order valence-electron chi connectivity index (χ2n) is 8.20. The van der Waals surface area contributed by atoms with E-state index in [1.807, 2.05) is 25.1 Å². The van der Waals surface area contributed by atoms with Crippen molar-refractivity contribution in [1.82, 2.24) is 9.80 Å². The van der Waals surface area contributed by atoms with Crippen LogP contribution in [0.1, 0.15) is 48.5 Å². The van der Waals surface area contributed by atoms with Gasteiger partial charge in [0.25, 0.3) is 5.91 Å². The lowest BCUT2D eigenvalue weighted by Crippen LogP contribution is -2.46. The fourth-order valence-electron chi connectivity index (χ4n) is 4.30. The van der Waals surface area contributed by atoms with Crippen LogP contribution in [-0.4, -0.2) is 39.6 Å². The minimum absolute atomic E-state index is 0.00158. The smallest absolute Gasteiger partial charge is 0.322 e. The molecule has 160 valence electrons. The molecule has 0 aromatic heterocycles. The van der Waals surface area contributed by atoms with Crippen LogP contribution >= 0.6 is 0 Å². The van der Waals surface area contributed by atoms with Crippen molar-refractivity contribution in [2.24, 2.45) is 5.92 Å². The number of para-hydroxylation sites is 1. The highest BCUT2D eigenvalue weighted by molar-refractivity contribution is 6.44. The summed E-state index contributed by atoms with van der Waals surface area (Å²) < 4.78 is 0. The monoisotopic (exact) mass is 419 g/mol. The zero-order chi connectivity index (χ0) is 22.0. The Morgan fingerprint density at radius 3 is 2.29 bits per heavy atom. The van der Waals surface area contributed by atoms with Gasteiger partial charge >= 0.3 is 17.8 Å². The lowest BCUT2D eigenvalue weighted by molar-refractivity contribution is -0.144.